The van der Waals surface area contributed by atoms with E-state index in [1.165, 1.54) is 11.1 Å². The Morgan fingerprint density at radius 2 is 1.43 bits per heavy atom. The number of hydrogen-bond donors (Lipinski definition) is 0. The summed E-state index contributed by atoms with van der Waals surface area (Å²) in [6.07, 6.45) is 0. The molecule has 1 aromatic rings. The van der Waals surface area contributed by atoms with Gasteiger partial charge in [0.25, 0.3) is 0 Å². The van der Waals surface area contributed by atoms with E-state index in [2.05, 4.69) is 78.8 Å². The van der Waals surface area contributed by atoms with E-state index in [-0.39, 0.29) is 12.2 Å². The van der Waals surface area contributed by atoms with Crippen LogP contribution in [0, 0.1) is 11.8 Å². The summed E-state index contributed by atoms with van der Waals surface area (Å²) in [5.74, 6) is 2.70. The van der Waals surface area contributed by atoms with E-state index in [1.54, 1.807) is 0 Å². The molecule has 0 unspecified atom stereocenters. The maximum absolute atomic E-state index is 6.41. The van der Waals surface area contributed by atoms with Crippen LogP contribution in [0.1, 0.15) is 54.0 Å². The van der Waals surface area contributed by atoms with E-state index < -0.39 is 0 Å². The molecule has 2 heteroatoms. The fourth-order valence-electron chi connectivity index (χ4n) is 4.44. The molecule has 1 nitrogen and oxygen atoms in total. The first-order valence-electron chi connectivity index (χ1n) is 8.26. The molecule has 21 heavy (non-hydrogen) atoms. The van der Waals surface area contributed by atoms with E-state index in [0.29, 0.717) is 17.7 Å². The van der Waals surface area contributed by atoms with E-state index in [1.807, 2.05) is 0 Å². The van der Waals surface area contributed by atoms with Gasteiger partial charge in [-0.3, -0.25) is 0 Å². The Morgan fingerprint density at radius 3 is 1.86 bits per heavy atom. The number of hydrogen-bond acceptors (Lipinski definition) is 1. The van der Waals surface area contributed by atoms with Crippen LogP contribution in [0.15, 0.2) is 36.1 Å². The van der Waals surface area contributed by atoms with Crippen molar-refractivity contribution in [1.82, 2.24) is 0 Å². The molecular formula is C19H29BO. The molecule has 0 radical (unpaired) electrons. The summed E-state index contributed by atoms with van der Waals surface area (Å²) in [5, 5.41) is 0.0829. The third-order valence-electron chi connectivity index (χ3n) is 5.14. The first-order chi connectivity index (χ1) is 9.83. The molecule has 114 valence electrons. The van der Waals surface area contributed by atoms with Crippen molar-refractivity contribution in [2.75, 3.05) is 0 Å². The molecule has 0 amide bonds. The van der Waals surface area contributed by atoms with Gasteiger partial charge in [-0.25, -0.2) is 0 Å². The maximum atomic E-state index is 6.41. The molecule has 0 saturated carbocycles. The summed E-state index contributed by atoms with van der Waals surface area (Å²) in [4.78, 5) is 0. The fourth-order valence-corrected chi connectivity index (χ4v) is 4.44. The lowest BCUT2D eigenvalue weighted by atomic mass is 9.32. The Labute approximate surface area is 130 Å². The average Bonchev–Trinajstić information content (AvgIpc) is 2.74. The van der Waals surface area contributed by atoms with Crippen LogP contribution in [0.3, 0.4) is 0 Å². The monoisotopic (exact) mass is 284 g/mol. The Hall–Kier alpha value is -1.18. The predicted molar refractivity (Wildman–Crippen MR) is 93.3 cm³/mol. The summed E-state index contributed by atoms with van der Waals surface area (Å²) >= 11 is 0. The molecule has 0 fully saturated rings. The highest BCUT2D eigenvalue weighted by Crippen LogP contribution is 2.63. The minimum Gasteiger partial charge on any atom is -0.562 e. The van der Waals surface area contributed by atoms with Gasteiger partial charge in [-0.05, 0) is 35.7 Å². The van der Waals surface area contributed by atoms with Gasteiger partial charge in [-0.2, -0.15) is 0 Å². The molecule has 0 N–H and O–H groups in total. The van der Waals surface area contributed by atoms with Gasteiger partial charge in [0.1, 0.15) is 0 Å². The van der Waals surface area contributed by atoms with Crippen molar-refractivity contribution >= 4 is 12.5 Å². The first kappa shape index (κ1) is 16.2. The van der Waals surface area contributed by atoms with Crippen molar-refractivity contribution in [3.05, 3.63) is 41.7 Å². The van der Waals surface area contributed by atoms with Crippen molar-refractivity contribution in [3.63, 3.8) is 0 Å². The van der Waals surface area contributed by atoms with Crippen molar-refractivity contribution in [1.29, 1.82) is 0 Å². The SMILES string of the molecule is CC1=C(c2ccccc2)C(C(C)C)(C(C)C)B(C(C)C)O1. The van der Waals surface area contributed by atoms with Crippen LogP contribution in [0.5, 0.6) is 0 Å². The maximum Gasteiger partial charge on any atom is 0.371 e. The second-order valence-corrected chi connectivity index (χ2v) is 7.32. The average molecular weight is 284 g/mol. The van der Waals surface area contributed by atoms with Crippen molar-refractivity contribution in [2.24, 2.45) is 11.8 Å². The van der Waals surface area contributed by atoms with Crippen LogP contribution >= 0.6 is 0 Å². The predicted octanol–water partition coefficient (Wildman–Crippen LogP) is 5.90. The molecule has 1 aromatic carbocycles. The van der Waals surface area contributed by atoms with Crippen LogP contribution in [0.2, 0.25) is 11.1 Å². The molecule has 1 aliphatic heterocycles. The molecule has 0 aliphatic carbocycles. The van der Waals surface area contributed by atoms with Crippen molar-refractivity contribution in [3.8, 4) is 0 Å². The molecule has 0 aromatic heterocycles. The molecule has 1 heterocycles. The quantitative estimate of drug-likeness (QED) is 0.625. The van der Waals surface area contributed by atoms with Gasteiger partial charge in [-0.1, -0.05) is 71.9 Å². The zero-order chi connectivity index (χ0) is 15.8. The van der Waals surface area contributed by atoms with Gasteiger partial charge in [-0.15, -0.1) is 0 Å². The van der Waals surface area contributed by atoms with Crippen molar-refractivity contribution in [2.45, 2.75) is 59.6 Å². The third kappa shape index (κ3) is 2.43. The van der Waals surface area contributed by atoms with Gasteiger partial charge in [0.2, 0.25) is 0 Å². The second kappa shape index (κ2) is 5.91. The normalized spacial score (nSPS) is 18.1. The summed E-state index contributed by atoms with van der Waals surface area (Å²) < 4.78 is 6.41. The summed E-state index contributed by atoms with van der Waals surface area (Å²) in [6, 6.07) is 10.8. The molecule has 0 spiro atoms. The Balaban J connectivity index is 2.67. The highest BCUT2D eigenvalue weighted by molar-refractivity contribution is 6.62. The lowest BCUT2D eigenvalue weighted by Crippen LogP contribution is -2.41. The summed E-state index contributed by atoms with van der Waals surface area (Å²) in [6.45, 7) is 16.4. The van der Waals surface area contributed by atoms with Crippen LogP contribution < -0.4 is 0 Å². The summed E-state index contributed by atoms with van der Waals surface area (Å²) in [5.41, 5.74) is 2.74. The topological polar surface area (TPSA) is 9.23 Å². The van der Waals surface area contributed by atoms with Gasteiger partial charge in [0, 0.05) is 5.31 Å². The van der Waals surface area contributed by atoms with Crippen molar-refractivity contribution < 1.29 is 4.65 Å². The molecular weight excluding hydrogens is 255 g/mol. The molecule has 2 rings (SSSR count). The highest BCUT2D eigenvalue weighted by atomic mass is 16.4. The minimum atomic E-state index is 0.0829. The van der Waals surface area contributed by atoms with Gasteiger partial charge >= 0.3 is 6.92 Å². The van der Waals surface area contributed by atoms with Gasteiger partial charge < -0.3 is 4.65 Å². The highest BCUT2D eigenvalue weighted by Gasteiger charge is 2.58. The molecule has 0 bridgehead atoms. The van der Waals surface area contributed by atoms with Gasteiger partial charge in [0.05, 0.1) is 5.76 Å². The largest absolute Gasteiger partial charge is 0.562 e. The summed E-state index contributed by atoms with van der Waals surface area (Å²) in [7, 11) is 0. The van der Waals surface area contributed by atoms with E-state index >= 15 is 0 Å². The van der Waals surface area contributed by atoms with E-state index in [4.69, 9.17) is 4.65 Å². The third-order valence-corrected chi connectivity index (χ3v) is 5.14. The zero-order valence-electron chi connectivity index (χ0n) is 14.6. The minimum absolute atomic E-state index is 0.0829. The lowest BCUT2D eigenvalue weighted by Gasteiger charge is -2.43. The number of rotatable bonds is 4. The Kier molecular flexibility index (Phi) is 4.56. The zero-order valence-corrected chi connectivity index (χ0v) is 14.6. The molecule has 0 atom stereocenters. The Bertz CT molecular complexity index is 506. The van der Waals surface area contributed by atoms with Crippen LogP contribution in [0.4, 0.5) is 0 Å². The smallest absolute Gasteiger partial charge is 0.371 e. The first-order valence-corrected chi connectivity index (χ1v) is 8.26. The lowest BCUT2D eigenvalue weighted by molar-refractivity contribution is 0.343. The second-order valence-electron chi connectivity index (χ2n) is 7.32. The van der Waals surface area contributed by atoms with E-state index in [0.717, 1.165) is 5.76 Å². The molecule has 1 aliphatic rings. The van der Waals surface area contributed by atoms with Gasteiger partial charge in [0.15, 0.2) is 0 Å². The van der Waals surface area contributed by atoms with Crippen LogP contribution in [0.25, 0.3) is 5.57 Å². The number of allylic oxidation sites excluding steroid dienone is 2. The standard InChI is InChI=1S/C19H29BO/c1-13(2)19(14(3)4)18(17-11-9-8-10-12-17)16(7)21-20(19)15(5)6/h8-15H,1-7H3. The van der Waals surface area contributed by atoms with Crippen LogP contribution in [-0.4, -0.2) is 6.92 Å². The number of benzene rings is 1. The molecule has 0 saturated heterocycles. The van der Waals surface area contributed by atoms with E-state index in [9.17, 15) is 0 Å². The fraction of sp³-hybridized carbons (Fsp3) is 0.579. The Morgan fingerprint density at radius 1 is 0.905 bits per heavy atom. The van der Waals surface area contributed by atoms with Crippen LogP contribution in [-0.2, 0) is 4.65 Å².